The number of hydrogen-bond acceptors (Lipinski definition) is 2. The van der Waals surface area contributed by atoms with E-state index in [2.05, 4.69) is 49.3 Å². The van der Waals surface area contributed by atoms with Crippen molar-refractivity contribution in [1.82, 2.24) is 14.7 Å². The molecule has 0 radical (unpaired) electrons. The lowest BCUT2D eigenvalue weighted by molar-refractivity contribution is 0.0761. The first kappa shape index (κ1) is 15.8. The quantitative estimate of drug-likeness (QED) is 0.863. The van der Waals surface area contributed by atoms with Crippen LogP contribution in [0.25, 0.3) is 0 Å². The van der Waals surface area contributed by atoms with Crippen LogP contribution >= 0.6 is 0 Å². The molecule has 2 heterocycles. The van der Waals surface area contributed by atoms with Crippen molar-refractivity contribution in [2.45, 2.75) is 45.1 Å². The minimum absolute atomic E-state index is 0.116. The molecule has 1 aromatic carbocycles. The van der Waals surface area contributed by atoms with Gasteiger partial charge in [0.05, 0.1) is 11.8 Å². The van der Waals surface area contributed by atoms with E-state index < -0.39 is 0 Å². The van der Waals surface area contributed by atoms with Gasteiger partial charge >= 0.3 is 0 Å². The van der Waals surface area contributed by atoms with Crippen molar-refractivity contribution < 1.29 is 4.79 Å². The summed E-state index contributed by atoms with van der Waals surface area (Å²) in [5.74, 6) is 0.679. The molecular weight excluding hydrogens is 286 g/mol. The smallest absolute Gasteiger partial charge is 0.257 e. The summed E-state index contributed by atoms with van der Waals surface area (Å²) in [5, 5.41) is 4.29. The summed E-state index contributed by atoms with van der Waals surface area (Å²) in [7, 11) is 0. The van der Waals surface area contributed by atoms with Gasteiger partial charge in [0.2, 0.25) is 0 Å². The molecule has 2 aromatic rings. The van der Waals surface area contributed by atoms with E-state index >= 15 is 0 Å². The molecule has 0 bridgehead atoms. The highest BCUT2D eigenvalue weighted by atomic mass is 16.2. The van der Waals surface area contributed by atoms with Crippen LogP contribution in [0.3, 0.4) is 0 Å². The molecule has 23 heavy (non-hydrogen) atoms. The van der Waals surface area contributed by atoms with Gasteiger partial charge in [0.1, 0.15) is 0 Å². The summed E-state index contributed by atoms with van der Waals surface area (Å²) >= 11 is 0. The highest BCUT2D eigenvalue weighted by Crippen LogP contribution is 2.28. The van der Waals surface area contributed by atoms with Gasteiger partial charge in [-0.15, -0.1) is 0 Å². The Kier molecular flexibility index (Phi) is 4.79. The van der Waals surface area contributed by atoms with E-state index in [1.54, 1.807) is 6.20 Å². The van der Waals surface area contributed by atoms with E-state index in [1.165, 1.54) is 5.56 Å². The molecule has 1 unspecified atom stereocenters. The van der Waals surface area contributed by atoms with Gasteiger partial charge in [0.25, 0.3) is 5.91 Å². The molecule has 122 valence electrons. The summed E-state index contributed by atoms with van der Waals surface area (Å²) in [6.07, 6.45) is 6.81. The maximum atomic E-state index is 12.7. The number of carbonyl (C=O) groups excluding carboxylic acids is 1. The monoisotopic (exact) mass is 311 g/mol. The fraction of sp³-hybridized carbons (Fsp3) is 0.474. The van der Waals surface area contributed by atoms with Crippen molar-refractivity contribution in [3.05, 3.63) is 53.9 Å². The Morgan fingerprint density at radius 3 is 2.65 bits per heavy atom. The lowest BCUT2D eigenvalue weighted by Gasteiger charge is -2.20. The zero-order valence-corrected chi connectivity index (χ0v) is 14.0. The van der Waals surface area contributed by atoms with Gasteiger partial charge in [-0.2, -0.15) is 5.10 Å². The fourth-order valence-electron chi connectivity index (χ4n) is 3.27. The van der Waals surface area contributed by atoms with Crippen molar-refractivity contribution in [3.63, 3.8) is 0 Å². The molecule has 0 aliphatic carbocycles. The third-order valence-electron chi connectivity index (χ3n) is 4.66. The van der Waals surface area contributed by atoms with Crippen molar-refractivity contribution in [2.24, 2.45) is 0 Å². The van der Waals surface area contributed by atoms with Crippen molar-refractivity contribution in [3.8, 4) is 0 Å². The van der Waals surface area contributed by atoms with E-state index in [9.17, 15) is 4.79 Å². The average molecular weight is 311 g/mol. The first-order valence-electron chi connectivity index (χ1n) is 8.53. The molecule has 4 nitrogen and oxygen atoms in total. The van der Waals surface area contributed by atoms with Crippen LogP contribution in [0.1, 0.15) is 61.0 Å². The van der Waals surface area contributed by atoms with E-state index in [0.717, 1.165) is 32.4 Å². The number of rotatable bonds is 3. The van der Waals surface area contributed by atoms with E-state index in [1.807, 2.05) is 15.8 Å². The Labute approximate surface area is 138 Å². The second-order valence-corrected chi connectivity index (χ2v) is 6.63. The number of benzene rings is 1. The largest absolute Gasteiger partial charge is 0.339 e. The van der Waals surface area contributed by atoms with Crippen LogP contribution in [0.2, 0.25) is 0 Å². The summed E-state index contributed by atoms with van der Waals surface area (Å²) in [4.78, 5) is 14.7. The van der Waals surface area contributed by atoms with E-state index in [0.29, 0.717) is 11.5 Å². The lowest BCUT2D eigenvalue weighted by Crippen LogP contribution is -2.31. The first-order valence-corrected chi connectivity index (χ1v) is 8.53. The van der Waals surface area contributed by atoms with Crippen LogP contribution in [0.5, 0.6) is 0 Å². The van der Waals surface area contributed by atoms with Crippen molar-refractivity contribution >= 4 is 5.91 Å². The molecular formula is C19H25N3O. The molecule has 1 aliphatic heterocycles. The van der Waals surface area contributed by atoms with Crippen LogP contribution in [0.15, 0.2) is 42.7 Å². The van der Waals surface area contributed by atoms with Crippen LogP contribution in [-0.4, -0.2) is 33.7 Å². The standard InChI is InChI=1S/C19H25N3O/c1-15(2)22-14-18(13-20-22)19(23)21-11-6-9-17(10-12-21)16-7-4-3-5-8-16/h3-5,7-8,13-15,17H,6,9-12H2,1-2H3. The maximum absolute atomic E-state index is 12.7. The number of carbonyl (C=O) groups is 1. The number of likely N-dealkylation sites (tertiary alicyclic amines) is 1. The fourth-order valence-corrected chi connectivity index (χ4v) is 3.27. The summed E-state index contributed by atoms with van der Waals surface area (Å²) in [5.41, 5.74) is 2.10. The molecule has 1 fully saturated rings. The molecule has 4 heteroatoms. The highest BCUT2D eigenvalue weighted by molar-refractivity contribution is 5.93. The summed E-state index contributed by atoms with van der Waals surface area (Å²) < 4.78 is 1.85. The predicted octanol–water partition coefficient (Wildman–Crippen LogP) is 3.87. The molecule has 0 N–H and O–H groups in total. The van der Waals surface area contributed by atoms with Gasteiger partial charge in [0, 0.05) is 25.3 Å². The average Bonchev–Trinajstić information content (AvgIpc) is 2.94. The number of hydrogen-bond donors (Lipinski definition) is 0. The summed E-state index contributed by atoms with van der Waals surface area (Å²) in [6, 6.07) is 10.9. The Morgan fingerprint density at radius 1 is 1.17 bits per heavy atom. The normalized spacial score (nSPS) is 18.9. The maximum Gasteiger partial charge on any atom is 0.257 e. The predicted molar refractivity (Wildman–Crippen MR) is 91.5 cm³/mol. The van der Waals surface area contributed by atoms with Crippen molar-refractivity contribution in [2.75, 3.05) is 13.1 Å². The molecule has 1 atom stereocenters. The van der Waals surface area contributed by atoms with Gasteiger partial charge in [0.15, 0.2) is 0 Å². The summed E-state index contributed by atoms with van der Waals surface area (Å²) in [6.45, 7) is 5.80. The van der Waals surface area contributed by atoms with Crippen LogP contribution in [0.4, 0.5) is 0 Å². The Bertz CT molecular complexity index is 648. The lowest BCUT2D eigenvalue weighted by atomic mass is 9.92. The van der Waals surface area contributed by atoms with Crippen LogP contribution in [0, 0.1) is 0 Å². The van der Waals surface area contributed by atoms with Crippen LogP contribution < -0.4 is 0 Å². The van der Waals surface area contributed by atoms with Gasteiger partial charge in [-0.3, -0.25) is 9.48 Å². The third kappa shape index (κ3) is 3.63. The van der Waals surface area contributed by atoms with E-state index in [4.69, 9.17) is 0 Å². The third-order valence-corrected chi connectivity index (χ3v) is 4.66. The van der Waals surface area contributed by atoms with Gasteiger partial charge in [-0.05, 0) is 44.6 Å². The second kappa shape index (κ2) is 6.99. The SMILES string of the molecule is CC(C)n1cc(C(=O)N2CCCC(c3ccccc3)CC2)cn1. The zero-order valence-electron chi connectivity index (χ0n) is 14.0. The number of nitrogens with zero attached hydrogens (tertiary/aromatic N) is 3. The van der Waals surface area contributed by atoms with Gasteiger partial charge in [-0.25, -0.2) is 0 Å². The molecule has 0 saturated carbocycles. The minimum atomic E-state index is 0.116. The zero-order chi connectivity index (χ0) is 16.2. The number of aromatic nitrogens is 2. The van der Waals surface area contributed by atoms with Crippen LogP contribution in [-0.2, 0) is 0 Å². The Hall–Kier alpha value is -2.10. The highest BCUT2D eigenvalue weighted by Gasteiger charge is 2.23. The van der Waals surface area contributed by atoms with Gasteiger partial charge < -0.3 is 4.90 Å². The second-order valence-electron chi connectivity index (χ2n) is 6.63. The van der Waals surface area contributed by atoms with Crippen molar-refractivity contribution in [1.29, 1.82) is 0 Å². The molecule has 3 rings (SSSR count). The van der Waals surface area contributed by atoms with Gasteiger partial charge in [-0.1, -0.05) is 30.3 Å². The number of amides is 1. The molecule has 1 saturated heterocycles. The molecule has 1 aliphatic rings. The molecule has 1 amide bonds. The Balaban J connectivity index is 1.66. The molecule has 1 aromatic heterocycles. The van der Waals surface area contributed by atoms with E-state index in [-0.39, 0.29) is 11.9 Å². The Morgan fingerprint density at radius 2 is 1.96 bits per heavy atom. The molecule has 0 spiro atoms. The topological polar surface area (TPSA) is 38.1 Å². The first-order chi connectivity index (χ1) is 11.1. The minimum Gasteiger partial charge on any atom is -0.339 e.